The maximum Gasteiger partial charge on any atom is 0.333 e. The molecule has 0 radical (unpaired) electrons. The number of thioether (sulfide) groups is 1. The molecule has 1 fully saturated rings. The lowest BCUT2D eigenvalue weighted by Gasteiger charge is -2.25. The predicted octanol–water partition coefficient (Wildman–Crippen LogP) is 3.06. The molecule has 0 saturated carbocycles. The van der Waals surface area contributed by atoms with Gasteiger partial charge in [0.25, 0.3) is 0 Å². The first kappa shape index (κ1) is 24.5. The third-order valence-electron chi connectivity index (χ3n) is 5.54. The van der Waals surface area contributed by atoms with Crippen molar-refractivity contribution in [3.05, 3.63) is 96.0 Å². The molecule has 0 unspecified atom stereocenters. The summed E-state index contributed by atoms with van der Waals surface area (Å²) in [5, 5.41) is 1.47. The van der Waals surface area contributed by atoms with E-state index in [-0.39, 0.29) is 30.7 Å². The van der Waals surface area contributed by atoms with Gasteiger partial charge in [0.15, 0.2) is 0 Å². The van der Waals surface area contributed by atoms with Crippen LogP contribution in [0.2, 0.25) is 0 Å². The first-order chi connectivity index (χ1) is 16.7. The Morgan fingerprint density at radius 3 is 2.29 bits per heavy atom. The minimum Gasteiger partial charge on any atom is -1.00 e. The van der Waals surface area contributed by atoms with Gasteiger partial charge in [-0.25, -0.2) is 9.78 Å². The number of ether oxygens (including phenoxy) is 1. The van der Waals surface area contributed by atoms with E-state index in [9.17, 15) is 9.59 Å². The molecule has 1 saturated heterocycles. The number of carbonyl (C=O) groups is 2. The van der Waals surface area contributed by atoms with Crippen molar-refractivity contribution in [1.29, 1.82) is 0 Å². The summed E-state index contributed by atoms with van der Waals surface area (Å²) in [6.07, 6.45) is 1.40. The zero-order valence-electron chi connectivity index (χ0n) is 19.0. The summed E-state index contributed by atoms with van der Waals surface area (Å²) in [6, 6.07) is 27.7. The number of benzene rings is 3. The molecule has 1 amide bonds. The Bertz CT molecular complexity index is 1410. The SMILES string of the molecule is CCOC(=O)/C=C1\SCC(=O)N1c1c(-c2ccccc2)nc2ccccc2c1-c1ccccc1.[Cl-]. The zero-order chi connectivity index (χ0) is 23.5. The largest absolute Gasteiger partial charge is 1.00 e. The number of halogens is 1. The van der Waals surface area contributed by atoms with E-state index < -0.39 is 5.97 Å². The number of carbonyl (C=O) groups excluding carboxylic acids is 2. The molecule has 0 spiro atoms. The maximum absolute atomic E-state index is 13.3. The van der Waals surface area contributed by atoms with Crippen LogP contribution in [0.25, 0.3) is 33.3 Å². The second-order valence-corrected chi connectivity index (χ2v) is 8.68. The van der Waals surface area contributed by atoms with E-state index in [0.29, 0.717) is 16.4 Å². The number of pyridine rings is 1. The minimum atomic E-state index is -0.471. The summed E-state index contributed by atoms with van der Waals surface area (Å²) in [6.45, 7) is 2.03. The van der Waals surface area contributed by atoms with Gasteiger partial charge in [-0.1, -0.05) is 90.6 Å². The van der Waals surface area contributed by atoms with Crippen LogP contribution in [-0.4, -0.2) is 29.2 Å². The molecule has 5 rings (SSSR count). The lowest BCUT2D eigenvalue weighted by atomic mass is 9.95. The number of hydrogen-bond acceptors (Lipinski definition) is 5. The quantitative estimate of drug-likeness (QED) is 0.311. The summed E-state index contributed by atoms with van der Waals surface area (Å²) in [7, 11) is 0. The van der Waals surface area contributed by atoms with Crippen molar-refractivity contribution in [2.24, 2.45) is 0 Å². The van der Waals surface area contributed by atoms with Gasteiger partial charge >= 0.3 is 5.97 Å². The lowest BCUT2D eigenvalue weighted by molar-refractivity contribution is -0.137. The Morgan fingerprint density at radius 1 is 0.971 bits per heavy atom. The molecule has 0 N–H and O–H groups in total. The van der Waals surface area contributed by atoms with Crippen LogP contribution in [0, 0.1) is 0 Å². The summed E-state index contributed by atoms with van der Waals surface area (Å²) in [5.74, 6) is -0.339. The molecule has 1 aliphatic heterocycles. The normalized spacial score (nSPS) is 14.3. The lowest BCUT2D eigenvalue weighted by Crippen LogP contribution is -3.00. The number of fused-ring (bicyclic) bond motifs is 1. The minimum absolute atomic E-state index is 0. The van der Waals surface area contributed by atoms with E-state index >= 15 is 0 Å². The van der Waals surface area contributed by atoms with Crippen LogP contribution in [0.5, 0.6) is 0 Å². The van der Waals surface area contributed by atoms with E-state index in [2.05, 4.69) is 0 Å². The number of anilines is 1. The number of hydrogen-bond donors (Lipinski definition) is 0. The van der Waals surface area contributed by atoms with Crippen LogP contribution in [0.3, 0.4) is 0 Å². The Balaban J connectivity index is 0.00000289. The molecule has 5 nitrogen and oxygen atoms in total. The number of aromatic nitrogens is 1. The average molecular weight is 502 g/mol. The maximum atomic E-state index is 13.3. The fraction of sp³-hybridized carbons (Fsp3) is 0.107. The Morgan fingerprint density at radius 2 is 1.60 bits per heavy atom. The molecule has 0 aliphatic carbocycles. The summed E-state index contributed by atoms with van der Waals surface area (Å²) in [4.78, 5) is 32.3. The van der Waals surface area contributed by atoms with Crippen LogP contribution in [0.4, 0.5) is 5.69 Å². The Labute approximate surface area is 214 Å². The smallest absolute Gasteiger partial charge is 0.333 e. The second-order valence-electron chi connectivity index (χ2n) is 7.69. The van der Waals surface area contributed by atoms with Gasteiger partial charge in [-0.2, -0.15) is 0 Å². The van der Waals surface area contributed by atoms with Gasteiger partial charge in [0, 0.05) is 16.5 Å². The van der Waals surface area contributed by atoms with E-state index in [1.54, 1.807) is 11.8 Å². The van der Waals surface area contributed by atoms with Gasteiger partial charge < -0.3 is 17.1 Å². The molecule has 1 aliphatic rings. The monoisotopic (exact) mass is 501 g/mol. The van der Waals surface area contributed by atoms with Gasteiger partial charge in [-0.3, -0.25) is 9.69 Å². The van der Waals surface area contributed by atoms with Crippen molar-refractivity contribution in [2.75, 3.05) is 17.3 Å². The number of rotatable bonds is 5. The van der Waals surface area contributed by atoms with E-state index in [1.807, 2.05) is 84.9 Å². The highest BCUT2D eigenvalue weighted by molar-refractivity contribution is 8.04. The highest BCUT2D eigenvalue weighted by Gasteiger charge is 2.34. The number of amides is 1. The molecule has 1 aromatic heterocycles. The fourth-order valence-electron chi connectivity index (χ4n) is 4.13. The Kier molecular flexibility index (Phi) is 7.54. The number of nitrogens with zero attached hydrogens (tertiary/aromatic N) is 2. The van der Waals surface area contributed by atoms with Crippen molar-refractivity contribution in [2.45, 2.75) is 6.92 Å². The first-order valence-corrected chi connectivity index (χ1v) is 12.0. The van der Waals surface area contributed by atoms with E-state index in [0.717, 1.165) is 27.6 Å². The van der Waals surface area contributed by atoms with Gasteiger partial charge in [0.1, 0.15) is 0 Å². The number of esters is 1. The molecule has 176 valence electrons. The van der Waals surface area contributed by atoms with Gasteiger partial charge in [-0.15, -0.1) is 0 Å². The van der Waals surface area contributed by atoms with Crippen LogP contribution in [0.15, 0.2) is 96.0 Å². The predicted molar refractivity (Wildman–Crippen MR) is 137 cm³/mol. The van der Waals surface area contributed by atoms with Gasteiger partial charge in [0.2, 0.25) is 5.91 Å². The highest BCUT2D eigenvalue weighted by Crippen LogP contribution is 2.47. The average Bonchev–Trinajstić information content (AvgIpc) is 3.23. The molecular formula is C28H22ClN2O3S-. The summed E-state index contributed by atoms with van der Waals surface area (Å²) in [5.41, 5.74) is 4.94. The third-order valence-corrected chi connectivity index (χ3v) is 6.53. The van der Waals surface area contributed by atoms with Crippen LogP contribution < -0.4 is 17.3 Å². The van der Waals surface area contributed by atoms with E-state index in [1.165, 1.54) is 17.8 Å². The first-order valence-electron chi connectivity index (χ1n) is 11.0. The van der Waals surface area contributed by atoms with Crippen LogP contribution in [-0.2, 0) is 14.3 Å². The molecule has 4 aromatic rings. The fourth-order valence-corrected chi connectivity index (χ4v) is 5.03. The van der Waals surface area contributed by atoms with Gasteiger partial charge in [0.05, 0.1) is 40.4 Å². The van der Waals surface area contributed by atoms with Crippen LogP contribution >= 0.6 is 11.8 Å². The molecule has 3 aromatic carbocycles. The van der Waals surface area contributed by atoms with E-state index in [4.69, 9.17) is 9.72 Å². The number of para-hydroxylation sites is 1. The topological polar surface area (TPSA) is 59.5 Å². The summed E-state index contributed by atoms with van der Waals surface area (Å²) >= 11 is 1.33. The third kappa shape index (κ3) is 4.81. The molecule has 0 atom stereocenters. The Hall–Kier alpha value is -3.61. The molecular weight excluding hydrogens is 480 g/mol. The second kappa shape index (κ2) is 10.8. The molecule has 35 heavy (non-hydrogen) atoms. The van der Waals surface area contributed by atoms with Crippen LogP contribution in [0.1, 0.15) is 6.92 Å². The van der Waals surface area contributed by atoms with Crippen molar-refractivity contribution in [3.63, 3.8) is 0 Å². The van der Waals surface area contributed by atoms with Crippen molar-refractivity contribution in [1.82, 2.24) is 4.98 Å². The van der Waals surface area contributed by atoms with Crippen molar-refractivity contribution in [3.8, 4) is 22.4 Å². The molecule has 7 heteroatoms. The zero-order valence-corrected chi connectivity index (χ0v) is 20.6. The summed E-state index contributed by atoms with van der Waals surface area (Å²) < 4.78 is 5.14. The highest BCUT2D eigenvalue weighted by atomic mass is 35.5. The van der Waals surface area contributed by atoms with Crippen molar-refractivity contribution < 1.29 is 26.7 Å². The molecule has 0 bridgehead atoms. The van der Waals surface area contributed by atoms with Crippen molar-refractivity contribution >= 4 is 40.2 Å². The molecule has 2 heterocycles. The van der Waals surface area contributed by atoms with Gasteiger partial charge in [-0.05, 0) is 18.6 Å². The standard InChI is InChI=1S/C28H22N2O3S.ClH/c1-2-33-25(32)17-24-30(23(31)18-34-24)28-26(19-11-5-3-6-12-19)21-15-9-10-16-22(21)29-27(28)20-13-7-4-8-14-20;/h3-17H,2,18H2,1H3;1H/p-1/b24-17-;.